The first kappa shape index (κ1) is 31.6. The van der Waals surface area contributed by atoms with Gasteiger partial charge in [0.05, 0.1) is 35.8 Å². The van der Waals surface area contributed by atoms with Gasteiger partial charge >= 0.3 is 75.5 Å². The third-order valence-corrected chi connectivity index (χ3v) is 0.500. The molecule has 0 radical (unpaired) electrons. The van der Waals surface area contributed by atoms with Gasteiger partial charge in [0.25, 0.3) is 0 Å². The van der Waals surface area contributed by atoms with Crippen molar-refractivity contribution in [2.75, 3.05) is 0 Å². The minimum atomic E-state index is -2.19. The molecule has 20 heavy (non-hydrogen) atoms. The van der Waals surface area contributed by atoms with Gasteiger partial charge in [0.1, 0.15) is 0 Å². The molecule has 0 heterocycles. The van der Waals surface area contributed by atoms with Crippen LogP contribution in [0.4, 0.5) is 0 Å². The van der Waals surface area contributed by atoms with Crippen LogP contribution in [0.3, 0.4) is 0 Å². The summed E-state index contributed by atoms with van der Waals surface area (Å²) in [4.78, 5) is 53.6. The molecule has 0 spiro atoms. The first-order valence-electron chi connectivity index (χ1n) is 3.20. The fraction of sp³-hybridized carbons (Fsp3) is 0. The van der Waals surface area contributed by atoms with E-state index in [1.165, 1.54) is 0 Å². The first-order chi connectivity index (χ1) is 7.93. The largest absolute Gasteiger partial charge is 3.00 e. The number of aliphatic carboxylic acids is 6. The van der Waals surface area contributed by atoms with Gasteiger partial charge in [0, 0.05) is 0 Å². The van der Waals surface area contributed by atoms with Gasteiger partial charge in [-0.1, -0.05) is 0 Å². The van der Waals surface area contributed by atoms with Crippen molar-refractivity contribution in [2.45, 2.75) is 0 Å². The smallest absolute Gasteiger partial charge is 0.543 e. The second-order valence-electron chi connectivity index (χ2n) is 1.72. The van der Waals surface area contributed by atoms with E-state index in [0.29, 0.717) is 0 Å². The second kappa shape index (κ2) is 18.3. The average Bonchev–Trinajstić information content (AvgIpc) is 2.18. The second-order valence-corrected chi connectivity index (χ2v) is 1.72. The van der Waals surface area contributed by atoms with Crippen molar-refractivity contribution >= 4 is 35.8 Å². The molecule has 12 nitrogen and oxygen atoms in total. The zero-order valence-corrected chi connectivity index (χ0v) is 12.4. The van der Waals surface area contributed by atoms with Crippen molar-refractivity contribution in [1.82, 2.24) is 0 Å². The minimum absolute atomic E-state index is 0. The molecule has 0 aromatic heterocycles. The average molecular weight is 594 g/mol. The van der Waals surface area contributed by atoms with Gasteiger partial charge in [0.15, 0.2) is 0 Å². The molecule has 0 N–H and O–H groups in total. The zero-order chi connectivity index (χ0) is 15.5. The Kier molecular flexibility index (Phi) is 29.0. The van der Waals surface area contributed by atoms with Crippen molar-refractivity contribution in [3.63, 3.8) is 0 Å². The van der Waals surface area contributed by atoms with E-state index in [-0.39, 0.29) is 75.5 Å². The van der Waals surface area contributed by atoms with Gasteiger partial charge in [-0.05, 0) is 0 Å². The molecule has 118 valence electrons. The minimum Gasteiger partial charge on any atom is -0.543 e. The molecule has 0 saturated heterocycles. The summed E-state index contributed by atoms with van der Waals surface area (Å²) in [5.41, 5.74) is 0. The Balaban J connectivity index is -0.0000000536. The maximum Gasteiger partial charge on any atom is 3.00 e. The number of carboxylic acids is 6. The molecular formula is C6Ho2O12. The van der Waals surface area contributed by atoms with Crippen molar-refractivity contribution in [1.29, 1.82) is 0 Å². The number of carbonyl (C=O) groups is 6. The third kappa shape index (κ3) is 36.0. The van der Waals surface area contributed by atoms with Crippen LogP contribution in [-0.4, -0.2) is 35.8 Å². The summed E-state index contributed by atoms with van der Waals surface area (Å²) in [6, 6.07) is 0. The number of hydrogen-bond donors (Lipinski definition) is 0. The summed E-state index contributed by atoms with van der Waals surface area (Å²) in [7, 11) is 0. The fourth-order valence-corrected chi connectivity index (χ4v) is 0. The van der Waals surface area contributed by atoms with Crippen LogP contribution in [0.5, 0.6) is 0 Å². The van der Waals surface area contributed by atoms with Crippen molar-refractivity contribution in [2.24, 2.45) is 0 Å². The van der Waals surface area contributed by atoms with Crippen LogP contribution in [0.15, 0.2) is 0 Å². The van der Waals surface area contributed by atoms with Crippen molar-refractivity contribution in [3.8, 4) is 0 Å². The topological polar surface area (TPSA) is 241 Å². The number of hydrogen-bond acceptors (Lipinski definition) is 12. The molecule has 0 aromatic carbocycles. The normalized spacial score (nSPS) is 6.60. The van der Waals surface area contributed by atoms with Gasteiger partial charge in [-0.25, -0.2) is 0 Å². The standard InChI is InChI=1S/3C2H2O4.2Ho/c3*3-1(4)2(5)6;;/h3*(H,3,4)(H,5,6);;/q;;;2*+3/p-6. The molecule has 14 heteroatoms. The number of carboxylic acid groups (broad SMARTS) is 6. The quantitative estimate of drug-likeness (QED) is 0.188. The fourth-order valence-electron chi connectivity index (χ4n) is 0. The summed E-state index contributed by atoms with van der Waals surface area (Å²) in [6.45, 7) is 0. The molecule has 0 bridgehead atoms. The maximum atomic E-state index is 8.93. The molecule has 0 aromatic rings. The number of rotatable bonds is 0. The van der Waals surface area contributed by atoms with E-state index in [0.717, 1.165) is 0 Å². The zero-order valence-electron chi connectivity index (χ0n) is 8.50. The number of carbonyl (C=O) groups excluding carboxylic acids is 6. The Morgan fingerprint density at radius 3 is 0.400 bits per heavy atom. The molecule has 0 amide bonds. The van der Waals surface area contributed by atoms with E-state index >= 15 is 0 Å². The maximum absolute atomic E-state index is 8.93. The molecule has 0 fully saturated rings. The van der Waals surface area contributed by atoms with E-state index in [1.807, 2.05) is 0 Å². The van der Waals surface area contributed by atoms with Crippen LogP contribution in [0, 0.1) is 75.5 Å². The Morgan fingerprint density at radius 1 is 0.350 bits per heavy atom. The Hall–Kier alpha value is -0.661. The monoisotopic (exact) mass is 594 g/mol. The van der Waals surface area contributed by atoms with E-state index in [4.69, 9.17) is 59.4 Å². The Bertz CT molecular complexity index is 281. The Labute approximate surface area is 169 Å². The van der Waals surface area contributed by atoms with Crippen molar-refractivity contribution < 1.29 is 135 Å². The molecule has 0 aliphatic rings. The molecule has 0 saturated carbocycles. The molecule has 0 aliphatic heterocycles. The first-order valence-corrected chi connectivity index (χ1v) is 3.20. The predicted octanol–water partition coefficient (Wildman–Crippen LogP) is -10.5. The van der Waals surface area contributed by atoms with Gasteiger partial charge in [0.2, 0.25) is 0 Å². The van der Waals surface area contributed by atoms with Crippen LogP contribution in [0.1, 0.15) is 0 Å². The third-order valence-electron chi connectivity index (χ3n) is 0.500. The molecule has 0 aliphatic carbocycles. The summed E-state index contributed by atoms with van der Waals surface area (Å²) < 4.78 is 0. The molecule has 0 unspecified atom stereocenters. The van der Waals surface area contributed by atoms with Gasteiger partial charge in [-0.15, -0.1) is 0 Å². The van der Waals surface area contributed by atoms with Gasteiger partial charge < -0.3 is 59.4 Å². The van der Waals surface area contributed by atoms with E-state index in [2.05, 4.69) is 0 Å². The van der Waals surface area contributed by atoms with Gasteiger partial charge in [-0.3, -0.25) is 0 Å². The van der Waals surface area contributed by atoms with E-state index in [1.54, 1.807) is 0 Å². The molecule has 0 atom stereocenters. The van der Waals surface area contributed by atoms with E-state index < -0.39 is 35.8 Å². The Morgan fingerprint density at radius 2 is 0.400 bits per heavy atom. The van der Waals surface area contributed by atoms with E-state index in [9.17, 15) is 0 Å². The van der Waals surface area contributed by atoms with Crippen LogP contribution in [0.25, 0.3) is 0 Å². The SMILES string of the molecule is O=C([O-])C(=O)[O-].O=C([O-])C(=O)[O-].O=C([O-])C(=O)[O-].[Ho+3].[Ho+3]. The van der Waals surface area contributed by atoms with Crippen LogP contribution >= 0.6 is 0 Å². The molecule has 0 rings (SSSR count). The summed E-state index contributed by atoms with van der Waals surface area (Å²) in [5, 5.41) is 53.6. The predicted molar refractivity (Wildman–Crippen MR) is 30.0 cm³/mol. The summed E-state index contributed by atoms with van der Waals surface area (Å²) >= 11 is 0. The van der Waals surface area contributed by atoms with Gasteiger partial charge in [-0.2, -0.15) is 0 Å². The summed E-state index contributed by atoms with van der Waals surface area (Å²) in [6.07, 6.45) is 0. The van der Waals surface area contributed by atoms with Crippen LogP contribution in [0.2, 0.25) is 0 Å². The molecular weight excluding hydrogens is 594 g/mol. The van der Waals surface area contributed by atoms with Crippen LogP contribution in [-0.2, 0) is 28.8 Å². The van der Waals surface area contributed by atoms with Crippen molar-refractivity contribution in [3.05, 3.63) is 0 Å². The van der Waals surface area contributed by atoms with Crippen LogP contribution < -0.4 is 30.6 Å². The summed E-state index contributed by atoms with van der Waals surface area (Å²) in [5.74, 6) is -13.1.